The molecule has 0 aliphatic heterocycles. The van der Waals surface area contributed by atoms with E-state index in [0.29, 0.717) is 0 Å². The Balaban J connectivity index is 1.67. The lowest BCUT2D eigenvalue weighted by atomic mass is 10.1. The third-order valence-corrected chi connectivity index (χ3v) is 3.20. The molecule has 1 saturated carbocycles. The molecule has 0 amide bonds. The summed E-state index contributed by atoms with van der Waals surface area (Å²) < 4.78 is 5.23. The Hall–Kier alpha value is -1.02. The van der Waals surface area contributed by atoms with Crippen LogP contribution in [0.5, 0.6) is 0 Å². The van der Waals surface area contributed by atoms with Crippen LogP contribution in [0.15, 0.2) is 28.9 Å². The molecule has 0 radical (unpaired) electrons. The molecule has 1 fully saturated rings. The highest BCUT2D eigenvalue weighted by atomic mass is 16.3. The summed E-state index contributed by atoms with van der Waals surface area (Å²) in [6, 6.07) is 4.62. The van der Waals surface area contributed by atoms with E-state index in [1.165, 1.54) is 38.5 Å². The van der Waals surface area contributed by atoms with Crippen LogP contribution in [0, 0.1) is 0 Å². The molecule has 0 bridgehead atoms. The molecule has 1 aromatic heterocycles. The molecule has 1 heterocycles. The van der Waals surface area contributed by atoms with Gasteiger partial charge in [0.25, 0.3) is 0 Å². The van der Waals surface area contributed by atoms with E-state index in [4.69, 9.17) is 4.42 Å². The zero-order valence-electron chi connectivity index (χ0n) is 9.82. The lowest BCUT2D eigenvalue weighted by Gasteiger charge is -2.14. The maximum absolute atomic E-state index is 5.23. The first kappa shape index (κ1) is 11.5. The van der Waals surface area contributed by atoms with E-state index < -0.39 is 0 Å². The van der Waals surface area contributed by atoms with Gasteiger partial charge < -0.3 is 9.73 Å². The van der Waals surface area contributed by atoms with Crippen molar-refractivity contribution in [1.29, 1.82) is 0 Å². The fourth-order valence-corrected chi connectivity index (χ4v) is 2.28. The van der Waals surface area contributed by atoms with Crippen LogP contribution >= 0.6 is 0 Å². The quantitative estimate of drug-likeness (QED) is 0.783. The summed E-state index contributed by atoms with van der Waals surface area (Å²) >= 11 is 0. The third-order valence-electron chi connectivity index (χ3n) is 3.20. The molecule has 0 unspecified atom stereocenters. The van der Waals surface area contributed by atoms with Crippen molar-refractivity contribution in [1.82, 2.24) is 5.32 Å². The van der Waals surface area contributed by atoms with Gasteiger partial charge in [0.15, 0.2) is 0 Å². The molecule has 0 spiro atoms. The van der Waals surface area contributed by atoms with Crippen molar-refractivity contribution < 1.29 is 4.42 Å². The van der Waals surface area contributed by atoms with Gasteiger partial charge in [0.2, 0.25) is 0 Å². The first-order valence-corrected chi connectivity index (χ1v) is 6.38. The predicted molar refractivity (Wildman–Crippen MR) is 67.2 cm³/mol. The number of hydrogen-bond donors (Lipinski definition) is 1. The van der Waals surface area contributed by atoms with Crippen LogP contribution < -0.4 is 5.32 Å². The summed E-state index contributed by atoms with van der Waals surface area (Å²) in [4.78, 5) is 0. The molecule has 0 saturated heterocycles. The van der Waals surface area contributed by atoms with Crippen molar-refractivity contribution >= 4 is 6.08 Å². The van der Waals surface area contributed by atoms with Crippen LogP contribution in [-0.2, 0) is 0 Å². The first-order valence-electron chi connectivity index (χ1n) is 6.38. The van der Waals surface area contributed by atoms with E-state index in [-0.39, 0.29) is 0 Å². The fourth-order valence-electron chi connectivity index (χ4n) is 2.28. The zero-order valence-corrected chi connectivity index (χ0v) is 9.82. The summed E-state index contributed by atoms with van der Waals surface area (Å²) in [7, 11) is 0. The molecule has 1 N–H and O–H groups in total. The standard InChI is InChI=1S/C14H21NO/c1-2-4-8-13(7-3-1)15-11-5-9-14-10-6-12-16-14/h5-6,9-10,12-13,15H,1-4,7-8,11H2/b9-5+. The van der Waals surface area contributed by atoms with Gasteiger partial charge in [-0.25, -0.2) is 0 Å². The Labute approximate surface area is 97.7 Å². The molecule has 2 nitrogen and oxygen atoms in total. The molecule has 16 heavy (non-hydrogen) atoms. The number of hydrogen-bond acceptors (Lipinski definition) is 2. The minimum absolute atomic E-state index is 0.726. The Morgan fingerprint density at radius 3 is 2.75 bits per heavy atom. The molecular formula is C14H21NO. The number of rotatable bonds is 4. The van der Waals surface area contributed by atoms with E-state index in [0.717, 1.165) is 18.3 Å². The fraction of sp³-hybridized carbons (Fsp3) is 0.571. The molecule has 2 heteroatoms. The summed E-state index contributed by atoms with van der Waals surface area (Å²) in [6.07, 6.45) is 14.2. The molecule has 1 aromatic rings. The van der Waals surface area contributed by atoms with Crippen LogP contribution in [0.4, 0.5) is 0 Å². The van der Waals surface area contributed by atoms with Crippen molar-refractivity contribution in [2.75, 3.05) is 6.54 Å². The van der Waals surface area contributed by atoms with E-state index in [2.05, 4.69) is 11.4 Å². The second-order valence-corrected chi connectivity index (χ2v) is 4.51. The Morgan fingerprint density at radius 1 is 1.25 bits per heavy atom. The SMILES string of the molecule is C(=C\c1ccco1)/CNC1CCCCCC1. The average Bonchev–Trinajstić information content (AvgIpc) is 2.68. The van der Waals surface area contributed by atoms with E-state index >= 15 is 0 Å². The summed E-state index contributed by atoms with van der Waals surface area (Å²) in [5.41, 5.74) is 0. The smallest absolute Gasteiger partial charge is 0.126 e. The highest BCUT2D eigenvalue weighted by Gasteiger charge is 2.09. The average molecular weight is 219 g/mol. The molecule has 1 aliphatic rings. The molecule has 88 valence electrons. The summed E-state index contributed by atoms with van der Waals surface area (Å²) in [6.45, 7) is 0.950. The van der Waals surface area contributed by atoms with Gasteiger partial charge in [-0.15, -0.1) is 0 Å². The molecular weight excluding hydrogens is 198 g/mol. The van der Waals surface area contributed by atoms with Gasteiger partial charge in [-0.2, -0.15) is 0 Å². The van der Waals surface area contributed by atoms with Crippen LogP contribution in [0.2, 0.25) is 0 Å². The van der Waals surface area contributed by atoms with E-state index in [9.17, 15) is 0 Å². The second kappa shape index (κ2) is 6.54. The van der Waals surface area contributed by atoms with Crippen molar-refractivity contribution in [3.63, 3.8) is 0 Å². The van der Waals surface area contributed by atoms with Gasteiger partial charge in [0.1, 0.15) is 5.76 Å². The Morgan fingerprint density at radius 2 is 2.06 bits per heavy atom. The molecule has 2 rings (SSSR count). The normalized spacial score (nSPS) is 19.0. The molecule has 1 aliphatic carbocycles. The molecule has 0 aromatic carbocycles. The summed E-state index contributed by atoms with van der Waals surface area (Å²) in [5, 5.41) is 3.60. The van der Waals surface area contributed by atoms with E-state index in [1.54, 1.807) is 6.26 Å². The van der Waals surface area contributed by atoms with Crippen molar-refractivity contribution in [3.05, 3.63) is 30.2 Å². The van der Waals surface area contributed by atoms with Crippen molar-refractivity contribution in [2.24, 2.45) is 0 Å². The van der Waals surface area contributed by atoms with Gasteiger partial charge in [-0.05, 0) is 31.1 Å². The highest BCUT2D eigenvalue weighted by molar-refractivity contribution is 5.42. The highest BCUT2D eigenvalue weighted by Crippen LogP contribution is 2.16. The third kappa shape index (κ3) is 3.86. The molecule has 0 atom stereocenters. The maximum Gasteiger partial charge on any atom is 0.126 e. The monoisotopic (exact) mass is 219 g/mol. The van der Waals surface area contributed by atoms with Gasteiger partial charge in [-0.1, -0.05) is 31.8 Å². The van der Waals surface area contributed by atoms with Gasteiger partial charge in [-0.3, -0.25) is 0 Å². The van der Waals surface area contributed by atoms with Crippen molar-refractivity contribution in [2.45, 2.75) is 44.6 Å². The maximum atomic E-state index is 5.23. The summed E-state index contributed by atoms with van der Waals surface area (Å²) in [5.74, 6) is 0.933. The number of nitrogens with one attached hydrogen (secondary N) is 1. The first-order chi connectivity index (χ1) is 7.95. The van der Waals surface area contributed by atoms with Gasteiger partial charge >= 0.3 is 0 Å². The van der Waals surface area contributed by atoms with Gasteiger partial charge in [0.05, 0.1) is 6.26 Å². The minimum Gasteiger partial charge on any atom is -0.465 e. The topological polar surface area (TPSA) is 25.2 Å². The predicted octanol–water partition coefficient (Wildman–Crippen LogP) is 3.61. The van der Waals surface area contributed by atoms with Gasteiger partial charge in [0, 0.05) is 12.6 Å². The van der Waals surface area contributed by atoms with Crippen LogP contribution in [0.3, 0.4) is 0 Å². The Kier molecular flexibility index (Phi) is 4.69. The van der Waals surface area contributed by atoms with E-state index in [1.807, 2.05) is 18.2 Å². The van der Waals surface area contributed by atoms with Crippen LogP contribution in [0.1, 0.15) is 44.3 Å². The lowest BCUT2D eigenvalue weighted by molar-refractivity contribution is 0.482. The largest absolute Gasteiger partial charge is 0.465 e. The van der Waals surface area contributed by atoms with Crippen LogP contribution in [0.25, 0.3) is 6.08 Å². The number of furan rings is 1. The minimum atomic E-state index is 0.726. The lowest BCUT2D eigenvalue weighted by Crippen LogP contribution is -2.28. The zero-order chi connectivity index (χ0) is 11.1. The van der Waals surface area contributed by atoms with Crippen molar-refractivity contribution in [3.8, 4) is 0 Å². The second-order valence-electron chi connectivity index (χ2n) is 4.51. The van der Waals surface area contributed by atoms with Crippen LogP contribution in [-0.4, -0.2) is 12.6 Å². The Bertz CT molecular complexity index is 295.